The molecule has 3 rings (SSSR count). The van der Waals surface area contributed by atoms with E-state index in [4.69, 9.17) is 0 Å². The minimum absolute atomic E-state index is 0.144. The number of sulfonamides is 1. The average Bonchev–Trinajstić information content (AvgIpc) is 3.08. The number of nitrogens with zero attached hydrogens (tertiary/aromatic N) is 3. The third-order valence-corrected chi connectivity index (χ3v) is 6.83. The molecule has 142 valence electrons. The van der Waals surface area contributed by atoms with Gasteiger partial charge in [-0.05, 0) is 23.8 Å². The standard InChI is InChI=1S/C18H20N4O3S2/c1-21(2)27(24,25)16-9-4-3-7-14(16)11-19-17(23)13-26-18-20-12-15-8-5-6-10-22(15)18/h3-10,12H,11,13H2,1-2H3,(H,19,23). The van der Waals surface area contributed by atoms with Gasteiger partial charge in [0.15, 0.2) is 5.16 Å². The van der Waals surface area contributed by atoms with E-state index in [1.807, 2.05) is 28.8 Å². The number of rotatable bonds is 7. The summed E-state index contributed by atoms with van der Waals surface area (Å²) in [6.07, 6.45) is 3.65. The summed E-state index contributed by atoms with van der Waals surface area (Å²) in [6, 6.07) is 12.4. The van der Waals surface area contributed by atoms with Gasteiger partial charge in [-0.2, -0.15) is 0 Å². The van der Waals surface area contributed by atoms with Crippen molar-refractivity contribution in [2.75, 3.05) is 19.8 Å². The second-order valence-electron chi connectivity index (χ2n) is 6.00. The van der Waals surface area contributed by atoms with E-state index in [1.54, 1.807) is 30.5 Å². The SMILES string of the molecule is CN(C)S(=O)(=O)c1ccccc1CNC(=O)CSc1ncc2ccccn12. The summed E-state index contributed by atoms with van der Waals surface area (Å²) in [5.74, 6) is 0.00102. The van der Waals surface area contributed by atoms with Crippen LogP contribution in [0.15, 0.2) is 64.9 Å². The van der Waals surface area contributed by atoms with E-state index < -0.39 is 10.0 Å². The van der Waals surface area contributed by atoms with Crippen molar-refractivity contribution in [3.8, 4) is 0 Å². The number of nitrogens with one attached hydrogen (secondary N) is 1. The van der Waals surface area contributed by atoms with Crippen LogP contribution in [-0.2, 0) is 21.4 Å². The van der Waals surface area contributed by atoms with Gasteiger partial charge in [0.25, 0.3) is 0 Å². The Morgan fingerprint density at radius 2 is 1.93 bits per heavy atom. The van der Waals surface area contributed by atoms with Crippen molar-refractivity contribution >= 4 is 33.2 Å². The maximum atomic E-state index is 12.4. The van der Waals surface area contributed by atoms with Gasteiger partial charge in [-0.3, -0.25) is 9.20 Å². The van der Waals surface area contributed by atoms with Gasteiger partial charge in [-0.1, -0.05) is 36.0 Å². The molecule has 0 saturated carbocycles. The molecule has 3 aromatic rings. The lowest BCUT2D eigenvalue weighted by atomic mass is 10.2. The quantitative estimate of drug-likeness (QED) is 0.609. The van der Waals surface area contributed by atoms with Crippen molar-refractivity contribution in [1.82, 2.24) is 19.0 Å². The summed E-state index contributed by atoms with van der Waals surface area (Å²) < 4.78 is 27.9. The zero-order chi connectivity index (χ0) is 19.4. The molecule has 7 nitrogen and oxygen atoms in total. The maximum Gasteiger partial charge on any atom is 0.242 e. The number of fused-ring (bicyclic) bond motifs is 1. The van der Waals surface area contributed by atoms with Gasteiger partial charge in [0, 0.05) is 26.8 Å². The zero-order valence-electron chi connectivity index (χ0n) is 15.0. The van der Waals surface area contributed by atoms with Crippen LogP contribution in [-0.4, -0.2) is 47.9 Å². The number of imidazole rings is 1. The minimum atomic E-state index is -3.56. The highest BCUT2D eigenvalue weighted by molar-refractivity contribution is 7.99. The Morgan fingerprint density at radius 1 is 1.19 bits per heavy atom. The molecule has 0 fully saturated rings. The minimum Gasteiger partial charge on any atom is -0.351 e. The second kappa shape index (κ2) is 8.12. The molecule has 2 aromatic heterocycles. The van der Waals surface area contributed by atoms with Crippen LogP contribution in [0.5, 0.6) is 0 Å². The zero-order valence-corrected chi connectivity index (χ0v) is 16.6. The lowest BCUT2D eigenvalue weighted by molar-refractivity contribution is -0.118. The van der Waals surface area contributed by atoms with E-state index >= 15 is 0 Å². The van der Waals surface area contributed by atoms with Crippen LogP contribution in [0, 0.1) is 0 Å². The van der Waals surface area contributed by atoms with E-state index in [0.717, 1.165) is 15.0 Å². The molecule has 0 aliphatic carbocycles. The Labute approximate surface area is 162 Å². The van der Waals surface area contributed by atoms with Crippen molar-refractivity contribution in [2.45, 2.75) is 16.6 Å². The number of carbonyl (C=O) groups is 1. The van der Waals surface area contributed by atoms with Gasteiger partial charge in [0.1, 0.15) is 0 Å². The summed E-state index contributed by atoms with van der Waals surface area (Å²) in [5, 5.41) is 3.51. The molecule has 9 heteroatoms. The number of carbonyl (C=O) groups excluding carboxylic acids is 1. The first kappa shape index (κ1) is 19.4. The molecule has 1 aromatic carbocycles. The van der Waals surface area contributed by atoms with Gasteiger partial charge in [-0.15, -0.1) is 0 Å². The first-order chi connectivity index (χ1) is 12.9. The Hall–Kier alpha value is -2.36. The van der Waals surface area contributed by atoms with Crippen LogP contribution < -0.4 is 5.32 Å². The predicted molar refractivity (Wildman–Crippen MR) is 105 cm³/mol. The van der Waals surface area contributed by atoms with Crippen LogP contribution in [0.4, 0.5) is 0 Å². The van der Waals surface area contributed by atoms with E-state index in [-0.39, 0.29) is 23.1 Å². The Kier molecular flexibility index (Phi) is 5.83. The summed E-state index contributed by atoms with van der Waals surface area (Å²) in [4.78, 5) is 16.7. The molecule has 0 atom stereocenters. The highest BCUT2D eigenvalue weighted by Gasteiger charge is 2.20. The third-order valence-electron chi connectivity index (χ3n) is 3.94. The molecule has 0 aliphatic heterocycles. The number of hydrogen-bond acceptors (Lipinski definition) is 5. The normalized spacial score (nSPS) is 11.8. The summed E-state index contributed by atoms with van der Waals surface area (Å²) in [6.45, 7) is 0.144. The average molecular weight is 405 g/mol. The van der Waals surface area contributed by atoms with Crippen LogP contribution in [0.3, 0.4) is 0 Å². The largest absolute Gasteiger partial charge is 0.351 e. The molecular weight excluding hydrogens is 384 g/mol. The summed E-state index contributed by atoms with van der Waals surface area (Å²) in [5.41, 5.74) is 1.51. The van der Waals surface area contributed by atoms with Crippen molar-refractivity contribution in [3.05, 3.63) is 60.4 Å². The molecule has 1 amide bonds. The van der Waals surface area contributed by atoms with E-state index in [9.17, 15) is 13.2 Å². The number of amides is 1. The van der Waals surface area contributed by atoms with Gasteiger partial charge in [0.2, 0.25) is 15.9 Å². The molecule has 0 saturated heterocycles. The smallest absolute Gasteiger partial charge is 0.242 e. The Balaban J connectivity index is 1.63. The molecule has 1 N–H and O–H groups in total. The lowest BCUT2D eigenvalue weighted by Gasteiger charge is -2.15. The monoisotopic (exact) mass is 404 g/mol. The van der Waals surface area contributed by atoms with Gasteiger partial charge in [-0.25, -0.2) is 17.7 Å². The molecule has 0 radical (unpaired) electrons. The molecule has 27 heavy (non-hydrogen) atoms. The highest BCUT2D eigenvalue weighted by atomic mass is 32.2. The van der Waals surface area contributed by atoms with Crippen LogP contribution >= 0.6 is 11.8 Å². The summed E-state index contributed by atoms with van der Waals surface area (Å²) >= 11 is 1.33. The Bertz CT molecular complexity index is 1060. The second-order valence-corrected chi connectivity index (χ2v) is 9.06. The molecule has 2 heterocycles. The predicted octanol–water partition coefficient (Wildman–Crippen LogP) is 1.99. The highest BCUT2D eigenvalue weighted by Crippen LogP contribution is 2.20. The lowest BCUT2D eigenvalue weighted by Crippen LogP contribution is -2.28. The molecular formula is C18H20N4O3S2. The van der Waals surface area contributed by atoms with E-state index in [1.165, 1.54) is 25.9 Å². The molecule has 0 spiro atoms. The van der Waals surface area contributed by atoms with Gasteiger partial charge < -0.3 is 5.32 Å². The topological polar surface area (TPSA) is 83.8 Å². The number of thioether (sulfide) groups is 1. The summed E-state index contributed by atoms with van der Waals surface area (Å²) in [7, 11) is -0.599. The molecule has 0 aliphatic rings. The third kappa shape index (κ3) is 4.32. The first-order valence-electron chi connectivity index (χ1n) is 8.21. The van der Waals surface area contributed by atoms with Crippen LogP contribution in [0.2, 0.25) is 0 Å². The number of aromatic nitrogens is 2. The molecule has 0 unspecified atom stereocenters. The van der Waals surface area contributed by atoms with Crippen LogP contribution in [0.25, 0.3) is 5.52 Å². The van der Waals surface area contributed by atoms with E-state index in [0.29, 0.717) is 5.56 Å². The van der Waals surface area contributed by atoms with Crippen LogP contribution in [0.1, 0.15) is 5.56 Å². The van der Waals surface area contributed by atoms with Gasteiger partial charge in [0.05, 0.1) is 22.4 Å². The first-order valence-corrected chi connectivity index (χ1v) is 10.6. The molecule has 0 bridgehead atoms. The number of benzene rings is 1. The number of pyridine rings is 1. The maximum absolute atomic E-state index is 12.4. The fourth-order valence-corrected chi connectivity index (χ4v) is 4.41. The fraction of sp³-hybridized carbons (Fsp3) is 0.222. The van der Waals surface area contributed by atoms with Crippen molar-refractivity contribution in [2.24, 2.45) is 0 Å². The van der Waals surface area contributed by atoms with E-state index in [2.05, 4.69) is 10.3 Å². The van der Waals surface area contributed by atoms with Crippen molar-refractivity contribution in [1.29, 1.82) is 0 Å². The Morgan fingerprint density at radius 3 is 2.70 bits per heavy atom. The van der Waals surface area contributed by atoms with Gasteiger partial charge >= 0.3 is 0 Å². The fourth-order valence-electron chi connectivity index (χ4n) is 2.50. The number of hydrogen-bond donors (Lipinski definition) is 1. The van der Waals surface area contributed by atoms with Crippen molar-refractivity contribution < 1.29 is 13.2 Å². The van der Waals surface area contributed by atoms with Crippen molar-refractivity contribution in [3.63, 3.8) is 0 Å².